The summed E-state index contributed by atoms with van der Waals surface area (Å²) < 4.78 is 25.1. The van der Waals surface area contributed by atoms with Crippen molar-refractivity contribution in [2.45, 2.75) is 4.90 Å². The number of carbonyl (C=O) groups excluding carboxylic acids is 2. The lowest BCUT2D eigenvalue weighted by atomic mass is 10.2. The van der Waals surface area contributed by atoms with Crippen LogP contribution in [0.3, 0.4) is 0 Å². The lowest BCUT2D eigenvalue weighted by Gasteiger charge is -2.14. The third kappa shape index (κ3) is 2.42. The Morgan fingerprint density at radius 2 is 2.14 bits per heavy atom. The number of carbonyl (C=O) groups is 2. The summed E-state index contributed by atoms with van der Waals surface area (Å²) >= 11 is 1.38. The number of rotatable bonds is 2. The summed E-state index contributed by atoms with van der Waals surface area (Å²) in [5.41, 5.74) is 0.0953. The highest BCUT2D eigenvalue weighted by molar-refractivity contribution is 8.14. The third-order valence-electron chi connectivity index (χ3n) is 3.03. The van der Waals surface area contributed by atoms with E-state index in [9.17, 15) is 18.0 Å². The summed E-state index contributed by atoms with van der Waals surface area (Å²) in [6.45, 7) is 0.0715. The number of hydrogen-bond donors (Lipinski definition) is 1. The molecule has 2 amide bonds. The molecule has 2 aliphatic rings. The van der Waals surface area contributed by atoms with Crippen LogP contribution in [0.4, 0.5) is 0 Å². The van der Waals surface area contributed by atoms with Gasteiger partial charge in [0.05, 0.1) is 12.1 Å². The predicted molar refractivity (Wildman–Crippen MR) is 77.6 cm³/mol. The smallest absolute Gasteiger partial charge is 0.269 e. The maximum absolute atomic E-state index is 12.3. The fraction of sp³-hybridized carbons (Fsp3) is 0.250. The molecule has 1 aromatic carbocycles. The molecule has 1 N–H and O–H groups in total. The standard InChI is InChI=1S/C12H11N3O4S2/c16-10(14-12-13-5-6-20-12)7-15-11(17)8-3-1-2-4-9(8)21(15,18)19/h1-4H,5-7H2,(H,13,14,16). The van der Waals surface area contributed by atoms with Gasteiger partial charge in [-0.15, -0.1) is 0 Å². The molecule has 0 bridgehead atoms. The SMILES string of the molecule is O=C(CN1C(=O)c2ccccc2S1(=O)=O)NC1=NCCS1. The van der Waals surface area contributed by atoms with Gasteiger partial charge >= 0.3 is 0 Å². The average molecular weight is 325 g/mol. The van der Waals surface area contributed by atoms with Crippen molar-refractivity contribution in [2.24, 2.45) is 4.99 Å². The first-order valence-electron chi connectivity index (χ1n) is 6.13. The highest BCUT2D eigenvalue weighted by Gasteiger charge is 2.41. The van der Waals surface area contributed by atoms with Crippen molar-refractivity contribution in [1.82, 2.24) is 9.62 Å². The second kappa shape index (κ2) is 5.15. The molecule has 7 nitrogen and oxygen atoms in total. The van der Waals surface area contributed by atoms with Gasteiger partial charge < -0.3 is 5.32 Å². The molecule has 110 valence electrons. The summed E-state index contributed by atoms with van der Waals surface area (Å²) in [5.74, 6) is -0.475. The van der Waals surface area contributed by atoms with E-state index < -0.39 is 28.4 Å². The topological polar surface area (TPSA) is 95.9 Å². The number of nitrogens with zero attached hydrogens (tertiary/aromatic N) is 2. The van der Waals surface area contributed by atoms with Gasteiger partial charge in [-0.1, -0.05) is 23.9 Å². The first-order valence-corrected chi connectivity index (χ1v) is 8.56. The van der Waals surface area contributed by atoms with Crippen LogP contribution in [0.25, 0.3) is 0 Å². The molecule has 0 radical (unpaired) electrons. The van der Waals surface area contributed by atoms with Crippen LogP contribution in [-0.2, 0) is 14.8 Å². The Labute approximate surface area is 125 Å². The Bertz CT molecular complexity index is 758. The number of sulfonamides is 1. The average Bonchev–Trinajstić information content (AvgIpc) is 3.02. The molecule has 0 aromatic heterocycles. The van der Waals surface area contributed by atoms with Gasteiger partial charge in [0.1, 0.15) is 11.4 Å². The van der Waals surface area contributed by atoms with Crippen LogP contribution in [-0.4, -0.2) is 48.5 Å². The zero-order valence-electron chi connectivity index (χ0n) is 10.8. The van der Waals surface area contributed by atoms with Gasteiger partial charge in [0.2, 0.25) is 5.91 Å². The van der Waals surface area contributed by atoms with Gasteiger partial charge in [-0.2, -0.15) is 0 Å². The Morgan fingerprint density at radius 3 is 2.81 bits per heavy atom. The molecule has 0 saturated carbocycles. The van der Waals surface area contributed by atoms with Crippen LogP contribution in [0.2, 0.25) is 0 Å². The van der Waals surface area contributed by atoms with Crippen molar-refractivity contribution in [3.05, 3.63) is 29.8 Å². The fourth-order valence-electron chi connectivity index (χ4n) is 2.09. The van der Waals surface area contributed by atoms with Crippen molar-refractivity contribution in [2.75, 3.05) is 18.8 Å². The van der Waals surface area contributed by atoms with Crippen LogP contribution < -0.4 is 5.32 Å². The van der Waals surface area contributed by atoms with Crippen molar-refractivity contribution in [1.29, 1.82) is 0 Å². The number of amides is 2. The van der Waals surface area contributed by atoms with Crippen molar-refractivity contribution >= 4 is 38.8 Å². The zero-order chi connectivity index (χ0) is 15.0. The first-order chi connectivity index (χ1) is 10.00. The lowest BCUT2D eigenvalue weighted by molar-refractivity contribution is -0.119. The highest BCUT2D eigenvalue weighted by Crippen LogP contribution is 2.29. The minimum absolute atomic E-state index is 0.0598. The largest absolute Gasteiger partial charge is 0.304 e. The van der Waals surface area contributed by atoms with E-state index in [-0.39, 0.29) is 10.5 Å². The number of aliphatic imine (C=N–C) groups is 1. The Morgan fingerprint density at radius 1 is 1.38 bits per heavy atom. The van der Waals surface area contributed by atoms with Crippen LogP contribution in [0.1, 0.15) is 10.4 Å². The molecule has 0 atom stereocenters. The maximum atomic E-state index is 12.3. The van der Waals surface area contributed by atoms with E-state index in [4.69, 9.17) is 0 Å². The molecule has 0 fully saturated rings. The molecular formula is C12H11N3O4S2. The van der Waals surface area contributed by atoms with Crippen molar-refractivity contribution < 1.29 is 18.0 Å². The lowest BCUT2D eigenvalue weighted by Crippen LogP contribution is -2.41. The van der Waals surface area contributed by atoms with E-state index in [0.29, 0.717) is 16.0 Å². The zero-order valence-corrected chi connectivity index (χ0v) is 12.4. The van der Waals surface area contributed by atoms with E-state index >= 15 is 0 Å². The van der Waals surface area contributed by atoms with Gasteiger partial charge in [-0.05, 0) is 12.1 Å². The molecule has 0 spiro atoms. The minimum atomic E-state index is -3.95. The highest BCUT2D eigenvalue weighted by atomic mass is 32.2. The molecule has 2 heterocycles. The Balaban J connectivity index is 1.81. The van der Waals surface area contributed by atoms with Gasteiger partial charge in [0, 0.05) is 5.75 Å². The number of fused-ring (bicyclic) bond motifs is 1. The molecular weight excluding hydrogens is 314 g/mol. The van der Waals surface area contributed by atoms with Gasteiger partial charge in [-0.3, -0.25) is 14.6 Å². The van der Waals surface area contributed by atoms with Crippen molar-refractivity contribution in [3.8, 4) is 0 Å². The van der Waals surface area contributed by atoms with E-state index in [0.717, 1.165) is 5.75 Å². The molecule has 0 unspecified atom stereocenters. The molecule has 21 heavy (non-hydrogen) atoms. The van der Waals surface area contributed by atoms with Crippen LogP contribution in [0.5, 0.6) is 0 Å². The van der Waals surface area contributed by atoms with Gasteiger partial charge in [0.25, 0.3) is 15.9 Å². The molecule has 9 heteroatoms. The second-order valence-corrected chi connectivity index (χ2v) is 7.31. The monoisotopic (exact) mass is 325 g/mol. The van der Waals surface area contributed by atoms with Gasteiger partial charge in [-0.25, -0.2) is 12.7 Å². The minimum Gasteiger partial charge on any atom is -0.304 e. The summed E-state index contributed by atoms with van der Waals surface area (Å²) in [6.07, 6.45) is 0. The maximum Gasteiger partial charge on any atom is 0.269 e. The number of benzene rings is 1. The van der Waals surface area contributed by atoms with E-state index in [1.54, 1.807) is 6.07 Å². The second-order valence-electron chi connectivity index (χ2n) is 4.40. The summed E-state index contributed by atoms with van der Waals surface area (Å²) in [4.78, 5) is 28.0. The van der Waals surface area contributed by atoms with E-state index in [1.807, 2.05) is 0 Å². The summed E-state index contributed by atoms with van der Waals surface area (Å²) in [5, 5.41) is 2.97. The predicted octanol–water partition coefficient (Wildman–Crippen LogP) is 0.0501. The fourth-order valence-corrected chi connectivity index (χ4v) is 4.36. The van der Waals surface area contributed by atoms with Gasteiger partial charge in [0.15, 0.2) is 5.17 Å². The number of amidine groups is 1. The first kappa shape index (κ1) is 14.1. The molecule has 2 aliphatic heterocycles. The molecule has 0 aliphatic carbocycles. The molecule has 0 saturated heterocycles. The number of thioether (sulfide) groups is 1. The Hall–Kier alpha value is -1.87. The Kier molecular flexibility index (Phi) is 3.46. The normalized spacial score (nSPS) is 19.3. The van der Waals surface area contributed by atoms with Crippen molar-refractivity contribution in [3.63, 3.8) is 0 Å². The molecule has 1 aromatic rings. The van der Waals surface area contributed by atoms with E-state index in [2.05, 4.69) is 10.3 Å². The van der Waals surface area contributed by atoms with Crippen LogP contribution in [0.15, 0.2) is 34.2 Å². The van der Waals surface area contributed by atoms with Crippen LogP contribution >= 0.6 is 11.8 Å². The quantitative estimate of drug-likeness (QED) is 0.829. The van der Waals surface area contributed by atoms with Crippen LogP contribution in [0, 0.1) is 0 Å². The summed E-state index contributed by atoms with van der Waals surface area (Å²) in [6, 6.07) is 5.91. The summed E-state index contributed by atoms with van der Waals surface area (Å²) in [7, 11) is -3.95. The number of nitrogens with one attached hydrogen (secondary N) is 1. The van der Waals surface area contributed by atoms with E-state index in [1.165, 1.54) is 30.0 Å². The number of hydrogen-bond acceptors (Lipinski definition) is 6. The third-order valence-corrected chi connectivity index (χ3v) is 5.71. The molecule has 3 rings (SSSR count).